The lowest BCUT2D eigenvalue weighted by atomic mass is 10.1. The van der Waals surface area contributed by atoms with Gasteiger partial charge in [0, 0.05) is 36.1 Å². The molecule has 0 saturated heterocycles. The summed E-state index contributed by atoms with van der Waals surface area (Å²) >= 11 is 0. The van der Waals surface area contributed by atoms with E-state index in [1.54, 1.807) is 6.20 Å². The number of rotatable bonds is 3. The van der Waals surface area contributed by atoms with Gasteiger partial charge in [0.15, 0.2) is 0 Å². The molecule has 0 unspecified atom stereocenters. The lowest BCUT2D eigenvalue weighted by Crippen LogP contribution is -1.91. The molecule has 1 aromatic carbocycles. The van der Waals surface area contributed by atoms with Gasteiger partial charge in [-0.1, -0.05) is 36.4 Å². The first-order valence-electron chi connectivity index (χ1n) is 6.23. The maximum absolute atomic E-state index is 4.35. The molecule has 2 heteroatoms. The van der Waals surface area contributed by atoms with Crippen LogP contribution in [-0.2, 0) is 6.42 Å². The highest BCUT2D eigenvalue weighted by atomic mass is 14.7. The molecule has 2 aromatic heterocycles. The minimum absolute atomic E-state index is 0.844. The summed E-state index contributed by atoms with van der Waals surface area (Å²) in [7, 11) is 0. The number of benzene rings is 1. The highest BCUT2D eigenvalue weighted by Gasteiger charge is 2.00. The maximum atomic E-state index is 4.35. The zero-order chi connectivity index (χ0) is 12.9. The van der Waals surface area contributed by atoms with Gasteiger partial charge in [-0.3, -0.25) is 9.97 Å². The van der Waals surface area contributed by atoms with Gasteiger partial charge in [0.2, 0.25) is 0 Å². The molecular formula is C17H13N2. The van der Waals surface area contributed by atoms with Gasteiger partial charge in [0.1, 0.15) is 0 Å². The van der Waals surface area contributed by atoms with E-state index in [1.807, 2.05) is 36.5 Å². The normalized spacial score (nSPS) is 10.3. The smallest absolute Gasteiger partial charge is 0.0701 e. The third-order valence-corrected chi connectivity index (χ3v) is 2.98. The van der Waals surface area contributed by atoms with E-state index in [-0.39, 0.29) is 0 Å². The topological polar surface area (TPSA) is 25.8 Å². The molecule has 0 aliphatic heterocycles. The summed E-state index contributed by atoms with van der Waals surface area (Å²) in [5.74, 6) is 0. The summed E-state index contributed by atoms with van der Waals surface area (Å²) in [6, 6.07) is 21.2. The molecule has 0 saturated carbocycles. The van der Waals surface area contributed by atoms with Crippen LogP contribution < -0.4 is 0 Å². The first kappa shape index (κ1) is 11.6. The van der Waals surface area contributed by atoms with Crippen molar-refractivity contribution in [3.63, 3.8) is 0 Å². The van der Waals surface area contributed by atoms with E-state index in [0.717, 1.165) is 23.4 Å². The predicted octanol–water partition coefficient (Wildman–Crippen LogP) is 3.53. The Balaban J connectivity index is 1.80. The van der Waals surface area contributed by atoms with E-state index in [0.29, 0.717) is 0 Å². The Kier molecular flexibility index (Phi) is 3.32. The Bertz CT molecular complexity index is 631. The average molecular weight is 245 g/mol. The van der Waals surface area contributed by atoms with Crippen LogP contribution >= 0.6 is 0 Å². The summed E-state index contributed by atoms with van der Waals surface area (Å²) in [6.45, 7) is 0. The van der Waals surface area contributed by atoms with Crippen molar-refractivity contribution >= 4 is 0 Å². The molecule has 3 rings (SSSR count). The van der Waals surface area contributed by atoms with Crippen molar-refractivity contribution in [1.82, 2.24) is 9.97 Å². The zero-order valence-electron chi connectivity index (χ0n) is 10.5. The van der Waals surface area contributed by atoms with Gasteiger partial charge in [-0.05, 0) is 23.8 Å². The average Bonchev–Trinajstić information content (AvgIpc) is 2.50. The number of pyridine rings is 2. The summed E-state index contributed by atoms with van der Waals surface area (Å²) in [4.78, 5) is 8.63. The van der Waals surface area contributed by atoms with Crippen molar-refractivity contribution in [1.29, 1.82) is 0 Å². The molecule has 0 aliphatic carbocycles. The Hall–Kier alpha value is -2.48. The number of hydrogen-bond donors (Lipinski definition) is 0. The number of nitrogens with zero attached hydrogens (tertiary/aromatic N) is 2. The van der Waals surface area contributed by atoms with Crippen LogP contribution in [0, 0.1) is 6.07 Å². The second-order valence-electron chi connectivity index (χ2n) is 4.34. The molecule has 0 fully saturated rings. The quantitative estimate of drug-likeness (QED) is 0.705. The van der Waals surface area contributed by atoms with Crippen molar-refractivity contribution < 1.29 is 0 Å². The molecule has 0 spiro atoms. The molecule has 0 aliphatic rings. The van der Waals surface area contributed by atoms with Crippen molar-refractivity contribution in [2.45, 2.75) is 6.42 Å². The zero-order valence-corrected chi connectivity index (χ0v) is 10.5. The van der Waals surface area contributed by atoms with Crippen LogP contribution in [0.5, 0.6) is 0 Å². The van der Waals surface area contributed by atoms with E-state index in [2.05, 4.69) is 40.3 Å². The van der Waals surface area contributed by atoms with Crippen LogP contribution in [0.1, 0.15) is 11.3 Å². The number of aromatic nitrogens is 2. The van der Waals surface area contributed by atoms with Gasteiger partial charge in [-0.2, -0.15) is 0 Å². The predicted molar refractivity (Wildman–Crippen MR) is 75.6 cm³/mol. The first-order chi connectivity index (χ1) is 9.42. The van der Waals surface area contributed by atoms with Crippen LogP contribution in [0.2, 0.25) is 0 Å². The molecule has 19 heavy (non-hydrogen) atoms. The standard InChI is InChI=1S/C17H13N2/c1-3-11-18-16(5-1)13-14-7-9-15(10-8-14)17-6-2-4-12-19-17/h1-2,4-12H,13H2. The molecule has 2 nitrogen and oxygen atoms in total. The van der Waals surface area contributed by atoms with E-state index in [1.165, 1.54) is 5.56 Å². The van der Waals surface area contributed by atoms with Crippen molar-refractivity contribution in [2.24, 2.45) is 0 Å². The summed E-state index contributed by atoms with van der Waals surface area (Å²) in [5.41, 5.74) is 4.45. The van der Waals surface area contributed by atoms with Crippen LogP contribution in [0.15, 0.2) is 67.0 Å². The molecule has 0 N–H and O–H groups in total. The Morgan fingerprint density at radius 1 is 0.895 bits per heavy atom. The minimum Gasteiger partial charge on any atom is -0.260 e. The second-order valence-corrected chi connectivity index (χ2v) is 4.34. The summed E-state index contributed by atoms with van der Waals surface area (Å²) in [6.07, 6.45) is 4.36. The van der Waals surface area contributed by atoms with Gasteiger partial charge in [0.25, 0.3) is 0 Å². The van der Waals surface area contributed by atoms with Gasteiger partial charge in [0.05, 0.1) is 5.69 Å². The minimum atomic E-state index is 0.844. The lowest BCUT2D eigenvalue weighted by Gasteiger charge is -2.03. The molecule has 0 atom stereocenters. The van der Waals surface area contributed by atoms with Crippen LogP contribution in [0.3, 0.4) is 0 Å². The molecule has 1 radical (unpaired) electrons. The summed E-state index contributed by atoms with van der Waals surface area (Å²) < 4.78 is 0. The van der Waals surface area contributed by atoms with Crippen LogP contribution in [0.4, 0.5) is 0 Å². The van der Waals surface area contributed by atoms with Gasteiger partial charge >= 0.3 is 0 Å². The monoisotopic (exact) mass is 245 g/mol. The van der Waals surface area contributed by atoms with Crippen LogP contribution in [0.25, 0.3) is 11.3 Å². The molecule has 91 valence electrons. The van der Waals surface area contributed by atoms with Crippen molar-refractivity contribution in [3.05, 3.63) is 84.3 Å². The number of hydrogen-bond acceptors (Lipinski definition) is 2. The Morgan fingerprint density at radius 3 is 2.47 bits per heavy atom. The Morgan fingerprint density at radius 2 is 1.79 bits per heavy atom. The lowest BCUT2D eigenvalue weighted by molar-refractivity contribution is 1.07. The maximum Gasteiger partial charge on any atom is 0.0701 e. The summed E-state index contributed by atoms with van der Waals surface area (Å²) in [5, 5.41) is 0. The molecule has 2 heterocycles. The fourth-order valence-corrected chi connectivity index (χ4v) is 1.99. The van der Waals surface area contributed by atoms with E-state index in [9.17, 15) is 0 Å². The van der Waals surface area contributed by atoms with Gasteiger partial charge in [-0.25, -0.2) is 0 Å². The molecule has 0 bridgehead atoms. The first-order valence-corrected chi connectivity index (χ1v) is 6.23. The highest BCUT2D eigenvalue weighted by molar-refractivity contribution is 5.59. The van der Waals surface area contributed by atoms with E-state index >= 15 is 0 Å². The van der Waals surface area contributed by atoms with Crippen molar-refractivity contribution in [3.8, 4) is 11.3 Å². The second kappa shape index (κ2) is 5.44. The molecule has 3 aromatic rings. The van der Waals surface area contributed by atoms with Gasteiger partial charge in [-0.15, -0.1) is 0 Å². The van der Waals surface area contributed by atoms with Crippen LogP contribution in [-0.4, -0.2) is 9.97 Å². The SMILES string of the molecule is [c]1ccc(Cc2ccc(-c3ccccn3)cc2)nc1. The third-order valence-electron chi connectivity index (χ3n) is 2.98. The van der Waals surface area contributed by atoms with Gasteiger partial charge < -0.3 is 0 Å². The fourth-order valence-electron chi connectivity index (χ4n) is 1.99. The molecular weight excluding hydrogens is 232 g/mol. The Labute approximate surface area is 112 Å². The third kappa shape index (κ3) is 2.86. The largest absolute Gasteiger partial charge is 0.260 e. The molecule has 0 amide bonds. The van der Waals surface area contributed by atoms with E-state index in [4.69, 9.17) is 0 Å². The van der Waals surface area contributed by atoms with E-state index < -0.39 is 0 Å². The van der Waals surface area contributed by atoms with Crippen molar-refractivity contribution in [2.75, 3.05) is 0 Å². The fraction of sp³-hybridized carbons (Fsp3) is 0.0588. The highest BCUT2D eigenvalue weighted by Crippen LogP contribution is 2.17.